The minimum atomic E-state index is -3.44. The molecule has 5 nitrogen and oxygen atoms in total. The number of hydrogen-bond donors (Lipinski definition) is 1. The van der Waals surface area contributed by atoms with Crippen LogP contribution >= 0.6 is 0 Å². The van der Waals surface area contributed by atoms with E-state index in [0.717, 1.165) is 25.7 Å². The molecule has 0 amide bonds. The second-order valence-electron chi connectivity index (χ2n) is 4.67. The minimum absolute atomic E-state index is 0.00322. The zero-order chi connectivity index (χ0) is 11.8. The van der Waals surface area contributed by atoms with Crippen molar-refractivity contribution in [3.63, 3.8) is 0 Å². The molecule has 2 fully saturated rings. The zero-order valence-corrected chi connectivity index (χ0v) is 10.7. The Balaban J connectivity index is 2.02. The average molecular weight is 267 g/mol. The molecule has 0 spiro atoms. The van der Waals surface area contributed by atoms with Gasteiger partial charge in [0, 0.05) is 6.04 Å². The lowest BCUT2D eigenvalue weighted by atomic mass is 10.3. The van der Waals surface area contributed by atoms with Crippen LogP contribution in [0.4, 0.5) is 0 Å². The molecule has 2 aliphatic rings. The summed E-state index contributed by atoms with van der Waals surface area (Å²) in [6.07, 6.45) is 4.09. The third-order valence-electron chi connectivity index (χ3n) is 3.32. The van der Waals surface area contributed by atoms with Gasteiger partial charge in [-0.1, -0.05) is 12.8 Å². The molecule has 94 valence electrons. The monoisotopic (exact) mass is 267 g/mol. The van der Waals surface area contributed by atoms with E-state index in [0.29, 0.717) is 0 Å². The molecule has 0 aromatic rings. The lowest BCUT2D eigenvalue weighted by Gasteiger charge is -2.15. The fourth-order valence-electron chi connectivity index (χ4n) is 2.38. The van der Waals surface area contributed by atoms with Crippen LogP contribution in [-0.2, 0) is 19.9 Å². The maximum absolute atomic E-state index is 11.9. The molecule has 7 heteroatoms. The van der Waals surface area contributed by atoms with Crippen molar-refractivity contribution in [2.24, 2.45) is 0 Å². The number of hydrogen-bond acceptors (Lipinski definition) is 4. The quantitative estimate of drug-likeness (QED) is 0.782. The van der Waals surface area contributed by atoms with Gasteiger partial charge in [-0.15, -0.1) is 0 Å². The van der Waals surface area contributed by atoms with Crippen molar-refractivity contribution in [2.75, 3.05) is 11.5 Å². The van der Waals surface area contributed by atoms with E-state index in [1.54, 1.807) is 0 Å². The first kappa shape index (κ1) is 12.3. The maximum Gasteiger partial charge on any atom is 0.215 e. The third-order valence-corrected chi connectivity index (χ3v) is 7.24. The molecule has 0 bridgehead atoms. The van der Waals surface area contributed by atoms with Gasteiger partial charge in [0.05, 0.1) is 16.8 Å². The molecule has 1 N–H and O–H groups in total. The Kier molecular flexibility index (Phi) is 3.29. The van der Waals surface area contributed by atoms with E-state index in [1.165, 1.54) is 0 Å². The summed E-state index contributed by atoms with van der Waals surface area (Å²) in [7, 11) is -6.58. The molecule has 1 atom stereocenters. The lowest BCUT2D eigenvalue weighted by Crippen LogP contribution is -2.40. The van der Waals surface area contributed by atoms with Crippen molar-refractivity contribution in [2.45, 2.75) is 43.4 Å². The van der Waals surface area contributed by atoms with Crippen molar-refractivity contribution in [1.82, 2.24) is 4.72 Å². The van der Waals surface area contributed by atoms with Gasteiger partial charge >= 0.3 is 0 Å². The van der Waals surface area contributed by atoms with E-state index < -0.39 is 25.1 Å². The first-order valence-electron chi connectivity index (χ1n) is 5.61. The largest absolute Gasteiger partial charge is 0.229 e. The Morgan fingerprint density at radius 2 is 1.69 bits per heavy atom. The lowest BCUT2D eigenvalue weighted by molar-refractivity contribution is 0.541. The molecular formula is C9H17NO4S2. The molecule has 1 aliphatic heterocycles. The Morgan fingerprint density at radius 1 is 1.06 bits per heavy atom. The van der Waals surface area contributed by atoms with Gasteiger partial charge in [-0.05, 0) is 19.3 Å². The molecular weight excluding hydrogens is 250 g/mol. The van der Waals surface area contributed by atoms with Crippen LogP contribution in [0.15, 0.2) is 0 Å². The summed E-state index contributed by atoms with van der Waals surface area (Å²) in [6.45, 7) is 0. The van der Waals surface area contributed by atoms with Gasteiger partial charge in [0.25, 0.3) is 0 Å². The van der Waals surface area contributed by atoms with E-state index in [9.17, 15) is 16.8 Å². The van der Waals surface area contributed by atoms with Crippen LogP contribution in [0.2, 0.25) is 0 Å². The van der Waals surface area contributed by atoms with Crippen LogP contribution in [0.5, 0.6) is 0 Å². The third kappa shape index (κ3) is 2.75. The fourth-order valence-corrected chi connectivity index (χ4v) is 6.73. The highest BCUT2D eigenvalue weighted by Gasteiger charge is 2.38. The first-order chi connectivity index (χ1) is 7.39. The standard InChI is InChI=1S/C9H17NO4S2/c11-15(12)6-5-9(7-15)16(13,14)10-8-3-1-2-4-8/h8-10H,1-7H2/t9-/m0/s1. The summed E-state index contributed by atoms with van der Waals surface area (Å²) < 4.78 is 48.9. The fraction of sp³-hybridized carbons (Fsp3) is 1.00. The number of rotatable bonds is 3. The summed E-state index contributed by atoms with van der Waals surface area (Å²) in [5, 5.41) is -0.738. The second kappa shape index (κ2) is 4.27. The zero-order valence-electron chi connectivity index (χ0n) is 9.05. The predicted octanol–water partition coefficient (Wildman–Crippen LogP) is 0.0355. The number of nitrogens with one attached hydrogen (secondary N) is 1. The van der Waals surface area contributed by atoms with Crippen LogP contribution in [0, 0.1) is 0 Å². The molecule has 2 rings (SSSR count). The maximum atomic E-state index is 11.9. The predicted molar refractivity (Wildman–Crippen MR) is 61.4 cm³/mol. The molecule has 0 aromatic heterocycles. The molecule has 1 saturated carbocycles. The Morgan fingerprint density at radius 3 is 2.19 bits per heavy atom. The van der Waals surface area contributed by atoms with E-state index >= 15 is 0 Å². The van der Waals surface area contributed by atoms with E-state index in [2.05, 4.69) is 4.72 Å². The van der Waals surface area contributed by atoms with E-state index in [1.807, 2.05) is 0 Å². The highest BCUT2D eigenvalue weighted by atomic mass is 32.2. The Hall–Kier alpha value is -0.140. The van der Waals surface area contributed by atoms with Gasteiger partial charge in [-0.3, -0.25) is 0 Å². The summed E-state index contributed by atoms with van der Waals surface area (Å²) in [4.78, 5) is 0. The second-order valence-corrected chi connectivity index (χ2v) is 8.89. The normalized spacial score (nSPS) is 30.9. The van der Waals surface area contributed by atoms with Crippen LogP contribution in [-0.4, -0.2) is 39.6 Å². The van der Waals surface area contributed by atoms with Crippen molar-refractivity contribution in [3.05, 3.63) is 0 Å². The molecule has 1 heterocycles. The number of sulfone groups is 1. The van der Waals surface area contributed by atoms with Crippen LogP contribution in [0.3, 0.4) is 0 Å². The summed E-state index contributed by atoms with van der Waals surface area (Å²) >= 11 is 0. The average Bonchev–Trinajstić information content (AvgIpc) is 2.74. The smallest absolute Gasteiger partial charge is 0.215 e. The van der Waals surface area contributed by atoms with Gasteiger partial charge in [0.2, 0.25) is 10.0 Å². The van der Waals surface area contributed by atoms with E-state index in [4.69, 9.17) is 0 Å². The summed E-state index contributed by atoms with van der Waals surface area (Å²) in [5.74, 6) is -0.210. The van der Waals surface area contributed by atoms with Crippen LogP contribution < -0.4 is 4.72 Å². The van der Waals surface area contributed by atoms with Crippen molar-refractivity contribution in [3.8, 4) is 0 Å². The number of sulfonamides is 1. The topological polar surface area (TPSA) is 80.3 Å². The highest BCUT2D eigenvalue weighted by Crippen LogP contribution is 2.22. The van der Waals surface area contributed by atoms with Crippen molar-refractivity contribution in [1.29, 1.82) is 0 Å². The molecule has 1 aliphatic carbocycles. The van der Waals surface area contributed by atoms with Gasteiger partial charge < -0.3 is 0 Å². The minimum Gasteiger partial charge on any atom is -0.229 e. The van der Waals surface area contributed by atoms with Crippen molar-refractivity contribution < 1.29 is 16.8 Å². The van der Waals surface area contributed by atoms with Crippen molar-refractivity contribution >= 4 is 19.9 Å². The summed E-state index contributed by atoms with van der Waals surface area (Å²) in [6, 6.07) is 0.0216. The molecule has 0 radical (unpaired) electrons. The molecule has 1 saturated heterocycles. The van der Waals surface area contributed by atoms with Crippen LogP contribution in [0.1, 0.15) is 32.1 Å². The van der Waals surface area contributed by atoms with Gasteiger partial charge in [0.1, 0.15) is 0 Å². The summed E-state index contributed by atoms with van der Waals surface area (Å²) in [5.41, 5.74) is 0. The van der Waals surface area contributed by atoms with Crippen LogP contribution in [0.25, 0.3) is 0 Å². The Labute approximate surface area is 96.6 Å². The van der Waals surface area contributed by atoms with Gasteiger partial charge in [0.15, 0.2) is 9.84 Å². The van der Waals surface area contributed by atoms with Gasteiger partial charge in [-0.25, -0.2) is 21.6 Å². The highest BCUT2D eigenvalue weighted by molar-refractivity contribution is 7.95. The SMILES string of the molecule is O=S1(=O)CC[C@H](S(=O)(=O)NC2CCCC2)C1. The first-order valence-corrected chi connectivity index (χ1v) is 8.97. The van der Waals surface area contributed by atoms with E-state index in [-0.39, 0.29) is 24.0 Å². The molecule has 0 unspecified atom stereocenters. The van der Waals surface area contributed by atoms with Gasteiger partial charge in [-0.2, -0.15) is 0 Å². The molecule has 16 heavy (non-hydrogen) atoms. The molecule has 0 aromatic carbocycles. The Bertz CT molecular complexity index is 448.